The molecule has 1 saturated carbocycles. The van der Waals surface area contributed by atoms with E-state index in [2.05, 4.69) is 22.1 Å². The van der Waals surface area contributed by atoms with Crippen LogP contribution in [0, 0.1) is 5.92 Å². The maximum Gasteiger partial charge on any atom is 0.193 e. The minimum atomic E-state index is 0. The van der Waals surface area contributed by atoms with Crippen molar-refractivity contribution in [3.05, 3.63) is 0 Å². The van der Waals surface area contributed by atoms with E-state index in [0.717, 1.165) is 11.9 Å². The molecule has 1 heterocycles. The van der Waals surface area contributed by atoms with Crippen molar-refractivity contribution >= 4 is 29.9 Å². The Kier molecular flexibility index (Phi) is 5.86. The van der Waals surface area contributed by atoms with Crippen LogP contribution >= 0.6 is 24.0 Å². The Bertz CT molecular complexity index is 230. The molecule has 1 N–H and O–H groups in total. The average Bonchev–Trinajstić information content (AvgIpc) is 2.19. The lowest BCUT2D eigenvalue weighted by atomic mass is 9.93. The highest BCUT2D eigenvalue weighted by atomic mass is 127. The standard InChI is InChI=1S/C12H23N3.HI/c1-10-6-8-15(9-7-10)12(13-2)14-11-4-3-5-11;/h10-11H,3-9H2,1-2H3,(H,13,14);1H. The number of nitrogens with one attached hydrogen (secondary N) is 1. The third-order valence-corrected chi connectivity index (χ3v) is 3.73. The van der Waals surface area contributed by atoms with Crippen molar-refractivity contribution in [2.75, 3.05) is 20.1 Å². The highest BCUT2D eigenvalue weighted by Gasteiger charge is 2.23. The third-order valence-electron chi connectivity index (χ3n) is 3.73. The number of hydrogen-bond acceptors (Lipinski definition) is 1. The van der Waals surface area contributed by atoms with Crippen LogP contribution in [0.5, 0.6) is 0 Å². The second kappa shape index (κ2) is 6.67. The summed E-state index contributed by atoms with van der Waals surface area (Å²) in [7, 11) is 1.90. The van der Waals surface area contributed by atoms with Gasteiger partial charge in [0, 0.05) is 26.2 Å². The summed E-state index contributed by atoms with van der Waals surface area (Å²) in [5.41, 5.74) is 0. The zero-order chi connectivity index (χ0) is 10.7. The molecule has 2 fully saturated rings. The summed E-state index contributed by atoms with van der Waals surface area (Å²) in [6.07, 6.45) is 6.65. The average molecular weight is 337 g/mol. The van der Waals surface area contributed by atoms with E-state index in [-0.39, 0.29) is 24.0 Å². The monoisotopic (exact) mass is 337 g/mol. The molecule has 0 amide bonds. The Morgan fingerprint density at radius 2 is 1.81 bits per heavy atom. The molecule has 4 heteroatoms. The molecule has 0 spiro atoms. The van der Waals surface area contributed by atoms with Gasteiger partial charge in [-0.2, -0.15) is 0 Å². The predicted octanol–water partition coefficient (Wildman–Crippen LogP) is 2.46. The van der Waals surface area contributed by atoms with Crippen LogP contribution in [-0.4, -0.2) is 37.0 Å². The molecule has 1 aliphatic carbocycles. The molecular weight excluding hydrogens is 313 g/mol. The molecule has 1 saturated heterocycles. The minimum Gasteiger partial charge on any atom is -0.354 e. The van der Waals surface area contributed by atoms with E-state index in [9.17, 15) is 0 Å². The normalized spacial score (nSPS) is 23.6. The molecule has 0 atom stereocenters. The molecule has 3 nitrogen and oxygen atoms in total. The van der Waals surface area contributed by atoms with Crippen LogP contribution in [-0.2, 0) is 0 Å². The van der Waals surface area contributed by atoms with E-state index in [0.29, 0.717) is 6.04 Å². The topological polar surface area (TPSA) is 27.6 Å². The van der Waals surface area contributed by atoms with Crippen LogP contribution in [0.3, 0.4) is 0 Å². The zero-order valence-corrected chi connectivity index (χ0v) is 12.7. The number of piperidine rings is 1. The fourth-order valence-electron chi connectivity index (χ4n) is 2.25. The molecule has 1 aliphatic heterocycles. The summed E-state index contributed by atoms with van der Waals surface area (Å²) in [5, 5.41) is 3.56. The predicted molar refractivity (Wildman–Crippen MR) is 79.5 cm³/mol. The second-order valence-corrected chi connectivity index (χ2v) is 4.99. The highest BCUT2D eigenvalue weighted by molar-refractivity contribution is 14.0. The molecule has 2 rings (SSSR count). The van der Waals surface area contributed by atoms with E-state index in [1.165, 1.54) is 45.2 Å². The van der Waals surface area contributed by atoms with Crippen LogP contribution in [0.1, 0.15) is 39.0 Å². The van der Waals surface area contributed by atoms with Gasteiger partial charge in [-0.05, 0) is 38.0 Å². The number of rotatable bonds is 1. The Balaban J connectivity index is 0.00000128. The van der Waals surface area contributed by atoms with Crippen LogP contribution < -0.4 is 5.32 Å². The minimum absolute atomic E-state index is 0. The van der Waals surface area contributed by atoms with Crippen LogP contribution in [0.2, 0.25) is 0 Å². The van der Waals surface area contributed by atoms with Gasteiger partial charge in [0.05, 0.1) is 0 Å². The van der Waals surface area contributed by atoms with Gasteiger partial charge in [-0.3, -0.25) is 4.99 Å². The van der Waals surface area contributed by atoms with Crippen molar-refractivity contribution < 1.29 is 0 Å². The summed E-state index contributed by atoms with van der Waals surface area (Å²) in [6.45, 7) is 4.70. The fraction of sp³-hybridized carbons (Fsp3) is 0.917. The molecule has 94 valence electrons. The molecule has 0 bridgehead atoms. The Morgan fingerprint density at radius 3 is 2.25 bits per heavy atom. The first-order valence-electron chi connectivity index (χ1n) is 6.28. The first kappa shape index (κ1) is 14.1. The van der Waals surface area contributed by atoms with Gasteiger partial charge in [0.2, 0.25) is 0 Å². The maximum absolute atomic E-state index is 4.39. The number of likely N-dealkylation sites (tertiary alicyclic amines) is 1. The van der Waals surface area contributed by atoms with Gasteiger partial charge in [0.1, 0.15) is 0 Å². The number of hydrogen-bond donors (Lipinski definition) is 1. The number of halogens is 1. The van der Waals surface area contributed by atoms with Crippen molar-refractivity contribution in [1.82, 2.24) is 10.2 Å². The SMILES string of the molecule is CN=C(NC1CCC1)N1CCC(C)CC1.I. The van der Waals surface area contributed by atoms with Crippen LogP contribution in [0.15, 0.2) is 4.99 Å². The van der Waals surface area contributed by atoms with Gasteiger partial charge in [-0.15, -0.1) is 24.0 Å². The summed E-state index contributed by atoms with van der Waals surface area (Å²) < 4.78 is 0. The molecular formula is C12H24IN3. The lowest BCUT2D eigenvalue weighted by Gasteiger charge is -2.36. The van der Waals surface area contributed by atoms with Crippen molar-refractivity contribution in [2.24, 2.45) is 10.9 Å². The fourth-order valence-corrected chi connectivity index (χ4v) is 2.25. The number of nitrogens with zero attached hydrogens (tertiary/aromatic N) is 2. The van der Waals surface area contributed by atoms with E-state index in [1.807, 2.05) is 7.05 Å². The molecule has 0 unspecified atom stereocenters. The third kappa shape index (κ3) is 3.50. The van der Waals surface area contributed by atoms with Gasteiger partial charge < -0.3 is 10.2 Å². The maximum atomic E-state index is 4.39. The first-order chi connectivity index (χ1) is 7.29. The van der Waals surface area contributed by atoms with Crippen LogP contribution in [0.25, 0.3) is 0 Å². The molecule has 0 radical (unpaired) electrons. The van der Waals surface area contributed by atoms with Crippen molar-refractivity contribution in [3.8, 4) is 0 Å². The molecule has 2 aliphatic rings. The van der Waals surface area contributed by atoms with E-state index < -0.39 is 0 Å². The lowest BCUT2D eigenvalue weighted by molar-refractivity contribution is 0.264. The summed E-state index contributed by atoms with van der Waals surface area (Å²) in [5.74, 6) is 2.02. The molecule has 0 aromatic carbocycles. The van der Waals surface area contributed by atoms with Gasteiger partial charge in [-0.25, -0.2) is 0 Å². The summed E-state index contributed by atoms with van der Waals surface area (Å²) >= 11 is 0. The van der Waals surface area contributed by atoms with Gasteiger partial charge in [0.25, 0.3) is 0 Å². The largest absolute Gasteiger partial charge is 0.354 e. The van der Waals surface area contributed by atoms with Gasteiger partial charge in [-0.1, -0.05) is 6.92 Å². The zero-order valence-electron chi connectivity index (χ0n) is 10.4. The summed E-state index contributed by atoms with van der Waals surface area (Å²) in [6, 6.07) is 0.697. The smallest absolute Gasteiger partial charge is 0.193 e. The Labute approximate surface area is 116 Å². The summed E-state index contributed by atoms with van der Waals surface area (Å²) in [4.78, 5) is 6.81. The Hall–Kier alpha value is 0. The highest BCUT2D eigenvalue weighted by Crippen LogP contribution is 2.20. The molecule has 0 aromatic rings. The number of guanidine groups is 1. The van der Waals surface area contributed by atoms with Crippen molar-refractivity contribution in [2.45, 2.75) is 45.1 Å². The lowest BCUT2D eigenvalue weighted by Crippen LogP contribution is -2.50. The van der Waals surface area contributed by atoms with E-state index in [1.54, 1.807) is 0 Å². The molecule has 0 aromatic heterocycles. The quantitative estimate of drug-likeness (QED) is 0.452. The van der Waals surface area contributed by atoms with E-state index >= 15 is 0 Å². The number of aliphatic imine (C=N–C) groups is 1. The van der Waals surface area contributed by atoms with Crippen molar-refractivity contribution in [3.63, 3.8) is 0 Å². The Morgan fingerprint density at radius 1 is 1.19 bits per heavy atom. The molecule has 16 heavy (non-hydrogen) atoms. The second-order valence-electron chi connectivity index (χ2n) is 4.99. The first-order valence-corrected chi connectivity index (χ1v) is 6.28. The van der Waals surface area contributed by atoms with E-state index in [4.69, 9.17) is 0 Å². The van der Waals surface area contributed by atoms with Gasteiger partial charge in [0.15, 0.2) is 5.96 Å². The van der Waals surface area contributed by atoms with Gasteiger partial charge >= 0.3 is 0 Å². The van der Waals surface area contributed by atoms with Crippen molar-refractivity contribution in [1.29, 1.82) is 0 Å². The van der Waals surface area contributed by atoms with Crippen LogP contribution in [0.4, 0.5) is 0 Å².